The number of benzene rings is 13. The molecule has 14 aromatic heterocycles. The van der Waals surface area contributed by atoms with Crippen molar-refractivity contribution in [1.29, 1.82) is 0 Å². The summed E-state index contributed by atoms with van der Waals surface area (Å²) < 4.78 is 6.80. The van der Waals surface area contributed by atoms with Crippen LogP contribution in [0, 0.1) is 0 Å². The van der Waals surface area contributed by atoms with Gasteiger partial charge in [-0.05, 0) is 208 Å². The molecule has 0 N–H and O–H groups in total. The Hall–Kier alpha value is -18.3. The lowest BCUT2D eigenvalue weighted by Crippen LogP contribution is -1.97. The highest BCUT2D eigenvalue weighted by Gasteiger charge is 2.23. The fraction of sp³-hybridized carbons (Fsp3) is 0. The quantitative estimate of drug-likeness (QED) is 0.121. The van der Waals surface area contributed by atoms with Gasteiger partial charge in [-0.3, -0.25) is 33.6 Å². The maximum Gasteiger partial charge on any atom is 0.137 e. The van der Waals surface area contributed by atoms with Crippen LogP contribution in [0.25, 0.3) is 249 Å². The molecule has 0 saturated heterocycles. The number of hydrogen-bond acceptors (Lipinski definition) is 11. The van der Waals surface area contributed by atoms with Gasteiger partial charge in [0.1, 0.15) is 17.5 Å². The molecule has 133 heavy (non-hydrogen) atoms. The molecular formula is C119H74N14. The van der Waals surface area contributed by atoms with Gasteiger partial charge in [0.2, 0.25) is 0 Å². The van der Waals surface area contributed by atoms with E-state index in [2.05, 4.69) is 333 Å². The summed E-state index contributed by atoms with van der Waals surface area (Å²) in [7, 11) is 0. The number of fused-ring (bicyclic) bond motifs is 19. The molecule has 27 aromatic rings. The van der Waals surface area contributed by atoms with E-state index in [0.717, 1.165) is 184 Å². The van der Waals surface area contributed by atoms with E-state index in [-0.39, 0.29) is 0 Å². The van der Waals surface area contributed by atoms with Crippen LogP contribution in [0.1, 0.15) is 0 Å². The number of aromatic nitrogens is 14. The third-order valence-corrected chi connectivity index (χ3v) is 25.6. The number of rotatable bonds is 11. The Balaban J connectivity index is 0.000000107. The maximum atomic E-state index is 4.99. The molecule has 620 valence electrons. The zero-order chi connectivity index (χ0) is 87.8. The maximum absolute atomic E-state index is 4.99. The van der Waals surface area contributed by atoms with E-state index in [9.17, 15) is 0 Å². The first-order valence-corrected chi connectivity index (χ1v) is 44.4. The van der Waals surface area contributed by atoms with Gasteiger partial charge in [-0.25, -0.2) is 34.9 Å². The van der Waals surface area contributed by atoms with Gasteiger partial charge in [-0.2, -0.15) is 0 Å². The zero-order valence-corrected chi connectivity index (χ0v) is 71.5. The van der Waals surface area contributed by atoms with Crippen LogP contribution in [-0.4, -0.2) is 68.5 Å². The standard InChI is InChI=1S/2C40H25N5.C39H24N4/c1-3-9-31-26(7-1)14-20-38-40(31)32-23-28(29-13-18-36(42-24-29)35-11-5-6-22-41-35)15-19-37(32)45(38)39-21-16-30(25-43-39)34-17-12-27-8-2-4-10-33(27)44-34;1-3-9-32-26(6-1)13-19-38-40(32)33-22-28(34-16-12-30(24-42-34)29-8-5-21-41-23-29)14-18-37(33)45(38)39-20-15-31(25-43-39)36-17-11-27-7-2-4-10-35(27)44-36;1-4-10-30-25(7-1)15-21-37-39(30)31-23-28(34-18-13-26-8-2-5-11-32(26)41-34)16-20-36(31)43(37)38-22-17-29(24-40-38)35-19-14-27-9-3-6-12-33(27)42-35/h2*1-25H;1-24H. The SMILES string of the molecule is c1ccc(-c2ccc(-c3ccc4c(c3)c3c5ccccc5ccc3n4-c3ccc(-c4ccc5ccccc5n4)cn3)cn2)nc1.c1ccc2nc(-c3ccc(-n4c5ccc(-c6ccc7ccccc7n6)cc5c5c6ccccc6ccc54)nc3)ccc2c1.c1cncc(-c2ccc(-c3ccc4c(c3)c3c5ccccc5ccc3n4-c3ccc(-c4ccc5ccccc5n4)cn3)nc2)c1. The molecule has 0 bridgehead atoms. The summed E-state index contributed by atoms with van der Waals surface area (Å²) in [6, 6.07) is 139. The lowest BCUT2D eigenvalue weighted by atomic mass is 10.0. The number of hydrogen-bond donors (Lipinski definition) is 0. The summed E-state index contributed by atoms with van der Waals surface area (Å²) in [6.07, 6.45) is 15.1. The highest BCUT2D eigenvalue weighted by atomic mass is 15.1. The molecule has 14 nitrogen and oxygen atoms in total. The molecule has 0 aliphatic carbocycles. The molecule has 0 radical (unpaired) electrons. The Labute approximate surface area is 762 Å². The van der Waals surface area contributed by atoms with Gasteiger partial charge >= 0.3 is 0 Å². The molecule has 0 aliphatic heterocycles. The summed E-state index contributed by atoms with van der Waals surface area (Å²) in [5.74, 6) is 2.60. The first-order valence-electron chi connectivity index (χ1n) is 44.4. The average Bonchev–Trinajstić information content (AvgIpc) is 1.58. The van der Waals surface area contributed by atoms with E-state index in [1.165, 1.54) is 64.6 Å². The second kappa shape index (κ2) is 32.5. The molecule has 0 atom stereocenters. The van der Waals surface area contributed by atoms with E-state index in [1.807, 2.05) is 128 Å². The lowest BCUT2D eigenvalue weighted by molar-refractivity contribution is 1.08. The van der Waals surface area contributed by atoms with Crippen LogP contribution in [-0.2, 0) is 0 Å². The van der Waals surface area contributed by atoms with E-state index in [4.69, 9.17) is 44.9 Å². The van der Waals surface area contributed by atoms with Gasteiger partial charge in [0.05, 0.1) is 95.0 Å². The van der Waals surface area contributed by atoms with Gasteiger partial charge in [-0.15, -0.1) is 0 Å². The van der Waals surface area contributed by atoms with Crippen molar-refractivity contribution >= 4 is 141 Å². The summed E-state index contributed by atoms with van der Waals surface area (Å²) in [5.41, 5.74) is 26.3. The monoisotopic (exact) mass is 1700 g/mol. The Kier molecular flexibility index (Phi) is 18.9. The minimum atomic E-state index is 0.858. The zero-order valence-electron chi connectivity index (χ0n) is 71.5. The predicted molar refractivity (Wildman–Crippen MR) is 544 cm³/mol. The number of nitrogens with zero attached hydrogens (tertiary/aromatic N) is 14. The summed E-state index contributed by atoms with van der Waals surface area (Å²) >= 11 is 0. The first kappa shape index (κ1) is 77.1. The lowest BCUT2D eigenvalue weighted by Gasteiger charge is -2.09. The highest BCUT2D eigenvalue weighted by molar-refractivity contribution is 6.24. The predicted octanol–water partition coefficient (Wildman–Crippen LogP) is 29.1. The molecule has 0 spiro atoms. The van der Waals surface area contributed by atoms with Crippen molar-refractivity contribution in [3.8, 4) is 107 Å². The Morgan fingerprint density at radius 1 is 0.158 bits per heavy atom. The first-order chi connectivity index (χ1) is 65.9. The Morgan fingerprint density at radius 2 is 0.459 bits per heavy atom. The van der Waals surface area contributed by atoms with Crippen LogP contribution in [0.15, 0.2) is 450 Å². The van der Waals surface area contributed by atoms with Crippen LogP contribution in [0.3, 0.4) is 0 Å². The van der Waals surface area contributed by atoms with Crippen LogP contribution < -0.4 is 0 Å². The second-order valence-corrected chi connectivity index (χ2v) is 33.3. The number of pyridine rings is 11. The Morgan fingerprint density at radius 3 is 0.835 bits per heavy atom. The van der Waals surface area contributed by atoms with E-state index >= 15 is 0 Å². The molecule has 14 heterocycles. The van der Waals surface area contributed by atoms with Gasteiger partial charge in [0.15, 0.2) is 0 Å². The van der Waals surface area contributed by atoms with E-state index in [0.29, 0.717) is 0 Å². The molecule has 13 aromatic carbocycles. The van der Waals surface area contributed by atoms with Crippen molar-refractivity contribution in [2.24, 2.45) is 0 Å². The molecule has 0 aliphatic rings. The van der Waals surface area contributed by atoms with E-state index in [1.54, 1.807) is 12.4 Å². The van der Waals surface area contributed by atoms with Gasteiger partial charge < -0.3 is 0 Å². The topological polar surface area (TPSA) is 157 Å². The third-order valence-electron chi connectivity index (χ3n) is 25.6. The molecule has 0 amide bonds. The van der Waals surface area contributed by atoms with Gasteiger partial charge in [0, 0.05) is 148 Å². The number of para-hydroxylation sites is 4. The summed E-state index contributed by atoms with van der Waals surface area (Å²) in [4.78, 5) is 52.9. The van der Waals surface area contributed by atoms with Crippen molar-refractivity contribution in [2.45, 2.75) is 0 Å². The average molecular weight is 1700 g/mol. The Bertz CT molecular complexity index is 8880. The minimum absolute atomic E-state index is 0.858. The van der Waals surface area contributed by atoms with Crippen LogP contribution in [0.4, 0.5) is 0 Å². The van der Waals surface area contributed by atoms with Crippen molar-refractivity contribution in [2.75, 3.05) is 0 Å². The summed E-state index contributed by atoms with van der Waals surface area (Å²) in [5, 5.41) is 19.0. The molecular weight excluding hydrogens is 1630 g/mol. The fourth-order valence-electron chi connectivity index (χ4n) is 19.0. The fourth-order valence-corrected chi connectivity index (χ4v) is 19.0. The molecule has 14 heteroatoms. The van der Waals surface area contributed by atoms with Gasteiger partial charge in [-0.1, -0.05) is 231 Å². The normalized spacial score (nSPS) is 11.6. The van der Waals surface area contributed by atoms with Crippen molar-refractivity contribution in [3.63, 3.8) is 0 Å². The van der Waals surface area contributed by atoms with Crippen molar-refractivity contribution in [3.05, 3.63) is 450 Å². The largest absolute Gasteiger partial charge is 0.294 e. The van der Waals surface area contributed by atoms with Crippen molar-refractivity contribution < 1.29 is 0 Å². The summed E-state index contributed by atoms with van der Waals surface area (Å²) in [6.45, 7) is 0. The molecule has 0 saturated carbocycles. The third kappa shape index (κ3) is 14.0. The van der Waals surface area contributed by atoms with Crippen molar-refractivity contribution in [1.82, 2.24) is 68.5 Å². The van der Waals surface area contributed by atoms with E-state index < -0.39 is 0 Å². The second-order valence-electron chi connectivity index (χ2n) is 33.3. The smallest absolute Gasteiger partial charge is 0.137 e. The molecule has 0 unspecified atom stereocenters. The van der Waals surface area contributed by atoms with Crippen LogP contribution in [0.5, 0.6) is 0 Å². The van der Waals surface area contributed by atoms with Gasteiger partial charge in [0.25, 0.3) is 0 Å². The molecule has 0 fully saturated rings. The molecule has 27 rings (SSSR count). The minimum Gasteiger partial charge on any atom is -0.294 e. The van der Waals surface area contributed by atoms with Crippen LogP contribution >= 0.6 is 0 Å². The van der Waals surface area contributed by atoms with Crippen LogP contribution in [0.2, 0.25) is 0 Å². The highest BCUT2D eigenvalue weighted by Crippen LogP contribution is 2.44.